The summed E-state index contributed by atoms with van der Waals surface area (Å²) in [6.45, 7) is 1.87. The summed E-state index contributed by atoms with van der Waals surface area (Å²) in [7, 11) is 1.65. The van der Waals surface area contributed by atoms with E-state index in [1.807, 2.05) is 0 Å². The molecule has 37 heavy (non-hydrogen) atoms. The number of aromatic nitrogens is 5. The molecule has 4 heterocycles. The molecular formula is C20H23N9O6S2. The van der Waals surface area contributed by atoms with Crippen LogP contribution in [0.25, 0.3) is 0 Å². The number of aryl methyl sites for hydroxylation is 1. The Morgan fingerprint density at radius 2 is 2.24 bits per heavy atom. The van der Waals surface area contributed by atoms with Crippen molar-refractivity contribution in [3.8, 4) is 0 Å². The maximum absolute atomic E-state index is 13.1. The summed E-state index contributed by atoms with van der Waals surface area (Å²) in [5.74, 6) is -1.52. The van der Waals surface area contributed by atoms with Gasteiger partial charge in [-0.15, -0.1) is 16.9 Å². The van der Waals surface area contributed by atoms with Crippen molar-refractivity contribution in [3.63, 3.8) is 0 Å². The Morgan fingerprint density at radius 1 is 1.43 bits per heavy atom. The number of tetrazole rings is 1. The van der Waals surface area contributed by atoms with Gasteiger partial charge in [0.1, 0.15) is 34.9 Å². The van der Waals surface area contributed by atoms with E-state index in [9.17, 15) is 24.3 Å². The molecule has 2 saturated heterocycles. The summed E-state index contributed by atoms with van der Waals surface area (Å²) in [6, 6.07) is 3.76. The topological polar surface area (TPSA) is 194 Å². The molecule has 15 nitrogen and oxygen atoms in total. The molecule has 196 valence electrons. The highest BCUT2D eigenvalue weighted by Crippen LogP contribution is 2.44. The third kappa shape index (κ3) is 5.36. The van der Waals surface area contributed by atoms with Crippen LogP contribution in [0, 0.1) is 5.41 Å². The van der Waals surface area contributed by atoms with Crippen molar-refractivity contribution < 1.29 is 29.1 Å². The van der Waals surface area contributed by atoms with Crippen molar-refractivity contribution in [2.75, 3.05) is 30.0 Å². The molecule has 4 rings (SSSR count). The zero-order chi connectivity index (χ0) is 26.6. The van der Waals surface area contributed by atoms with Crippen LogP contribution in [-0.4, -0.2) is 101 Å². The van der Waals surface area contributed by atoms with Crippen LogP contribution < -0.4 is 10.6 Å². The van der Waals surface area contributed by atoms with Crippen molar-refractivity contribution in [1.82, 2.24) is 35.4 Å². The van der Waals surface area contributed by atoms with Crippen LogP contribution in [0.15, 0.2) is 28.5 Å². The lowest BCUT2D eigenvalue weighted by Crippen LogP contribution is -2.74. The van der Waals surface area contributed by atoms with Crippen LogP contribution in [0.1, 0.15) is 12.6 Å². The number of β-lactam (4-membered cyclic amide) rings is 1. The maximum atomic E-state index is 13.1. The first-order valence-corrected chi connectivity index (χ1v) is 13.0. The second-order valence-electron chi connectivity index (χ2n) is 8.11. The highest BCUT2D eigenvalue weighted by molar-refractivity contribution is 8.00. The molecule has 2 aliphatic heterocycles. The average molecular weight is 550 g/mol. The van der Waals surface area contributed by atoms with E-state index in [0.29, 0.717) is 11.6 Å². The fraction of sp³-hybridized carbons (Fsp3) is 0.450. The number of hydrogen-bond acceptors (Lipinski definition) is 12. The van der Waals surface area contributed by atoms with E-state index >= 15 is 0 Å². The summed E-state index contributed by atoms with van der Waals surface area (Å²) >= 11 is 2.48. The third-order valence-electron chi connectivity index (χ3n) is 5.64. The number of carbonyl (C=O) groups excluding carboxylic acids is 3. The Morgan fingerprint density at radius 3 is 2.92 bits per heavy atom. The van der Waals surface area contributed by atoms with Crippen molar-refractivity contribution in [1.29, 1.82) is 0 Å². The highest BCUT2D eigenvalue weighted by Gasteiger charge is 2.57. The molecule has 3 N–H and O–H groups in total. The first-order chi connectivity index (χ1) is 17.8. The van der Waals surface area contributed by atoms with E-state index in [4.69, 9.17) is 4.84 Å². The molecule has 2 aliphatic rings. The molecule has 0 aliphatic carbocycles. The summed E-state index contributed by atoms with van der Waals surface area (Å²) in [6.07, 6.45) is 0.452. The van der Waals surface area contributed by atoms with Crippen LogP contribution in [-0.2, 0) is 31.1 Å². The normalized spacial score (nSPS) is 23.0. The largest absolute Gasteiger partial charge is 0.481 e. The van der Waals surface area contributed by atoms with Crippen LogP contribution in [0.4, 0.5) is 5.82 Å². The molecule has 0 bridgehead atoms. The van der Waals surface area contributed by atoms with E-state index in [1.54, 1.807) is 20.0 Å². The number of carboxylic acid groups (broad SMARTS) is 1. The molecule has 3 atom stereocenters. The van der Waals surface area contributed by atoms with E-state index in [-0.39, 0.29) is 41.9 Å². The third-order valence-corrected chi connectivity index (χ3v) is 8.53. The van der Waals surface area contributed by atoms with Crippen LogP contribution >= 0.6 is 23.5 Å². The van der Waals surface area contributed by atoms with Crippen LogP contribution in [0.5, 0.6) is 0 Å². The Kier molecular flexibility index (Phi) is 7.91. The number of rotatable bonds is 11. The predicted octanol–water partition coefficient (Wildman–Crippen LogP) is -0.823. The van der Waals surface area contributed by atoms with Crippen molar-refractivity contribution in [2.45, 2.75) is 23.5 Å². The number of nitrogens with one attached hydrogen (secondary N) is 2. The number of carbonyl (C=O) groups is 4. The standard InChI is InChI=1S/C20H23N9O6S2/c1-3-35-25-13(11-5-4-6-12(22-11)21-10-30)15(31)23-14-16(32)29-7-20(18(33)34,8-36-17(14)29)9-37-19-24-26-27-28(19)2/h4-6,10,14,17H,3,7-9H2,1-2H3,(H,23,31)(H,33,34)(H,21,22,30)/t14?,17-,20?/m1/s1. The summed E-state index contributed by atoms with van der Waals surface area (Å²) in [5.41, 5.74) is -1.24. The lowest BCUT2D eigenvalue weighted by atomic mass is 9.89. The van der Waals surface area contributed by atoms with Gasteiger partial charge in [0, 0.05) is 25.1 Å². The average Bonchev–Trinajstić information content (AvgIpc) is 3.31. The molecule has 0 saturated carbocycles. The molecule has 0 spiro atoms. The van der Waals surface area contributed by atoms with Gasteiger partial charge in [-0.05, 0) is 29.5 Å². The molecule has 2 aromatic rings. The van der Waals surface area contributed by atoms with Crippen molar-refractivity contribution >= 4 is 59.2 Å². The number of hydrogen-bond donors (Lipinski definition) is 3. The first kappa shape index (κ1) is 26.3. The van der Waals surface area contributed by atoms with Gasteiger partial charge in [-0.1, -0.05) is 23.0 Å². The lowest BCUT2D eigenvalue weighted by molar-refractivity contribution is -0.157. The smallest absolute Gasteiger partial charge is 0.313 e. The fourth-order valence-corrected chi connectivity index (χ4v) is 6.41. The number of carboxylic acids is 1. The number of oxime groups is 1. The maximum Gasteiger partial charge on any atom is 0.313 e. The number of thioether (sulfide) groups is 2. The number of anilines is 1. The number of pyridine rings is 1. The highest BCUT2D eigenvalue weighted by atomic mass is 32.2. The van der Waals surface area contributed by atoms with Crippen molar-refractivity contribution in [3.05, 3.63) is 23.9 Å². The zero-order valence-corrected chi connectivity index (χ0v) is 21.4. The minimum atomic E-state index is -1.21. The van der Waals surface area contributed by atoms with E-state index in [1.165, 1.54) is 45.2 Å². The summed E-state index contributed by atoms with van der Waals surface area (Å²) in [4.78, 5) is 59.7. The fourth-order valence-electron chi connectivity index (χ4n) is 3.70. The van der Waals surface area contributed by atoms with Gasteiger partial charge in [-0.2, -0.15) is 0 Å². The quantitative estimate of drug-likeness (QED) is 0.104. The van der Waals surface area contributed by atoms with Gasteiger partial charge in [-0.25, -0.2) is 9.67 Å². The summed E-state index contributed by atoms with van der Waals surface area (Å²) in [5, 5.41) is 30.1. The van der Waals surface area contributed by atoms with Gasteiger partial charge >= 0.3 is 5.97 Å². The second kappa shape index (κ2) is 11.1. The Hall–Kier alpha value is -3.73. The number of nitrogens with zero attached hydrogens (tertiary/aromatic N) is 7. The lowest BCUT2D eigenvalue weighted by Gasteiger charge is -2.53. The molecule has 3 amide bonds. The van der Waals surface area contributed by atoms with Gasteiger partial charge in [0.2, 0.25) is 17.5 Å². The first-order valence-electron chi connectivity index (χ1n) is 11.0. The van der Waals surface area contributed by atoms with Gasteiger partial charge in [-0.3, -0.25) is 19.2 Å². The minimum Gasteiger partial charge on any atom is -0.481 e. The second-order valence-corrected chi connectivity index (χ2v) is 10.2. The Bertz CT molecular complexity index is 1240. The van der Waals surface area contributed by atoms with Crippen LogP contribution in [0.3, 0.4) is 0 Å². The van der Waals surface area contributed by atoms with Gasteiger partial charge in [0.15, 0.2) is 5.71 Å². The minimum absolute atomic E-state index is 0.00958. The molecule has 2 fully saturated rings. The monoisotopic (exact) mass is 549 g/mol. The molecule has 2 aromatic heterocycles. The van der Waals surface area contributed by atoms with Gasteiger partial charge in [0.05, 0.1) is 0 Å². The Balaban J connectivity index is 1.45. The van der Waals surface area contributed by atoms with Gasteiger partial charge in [0.25, 0.3) is 5.91 Å². The molecule has 17 heteroatoms. The molecule has 0 radical (unpaired) electrons. The SMILES string of the molecule is CCON=C(C(=O)NC1C(=O)N2CC(CSc3nnnn3C)(C(=O)O)CS[C@H]12)c1cccc(NC=O)n1. The van der Waals surface area contributed by atoms with E-state index < -0.39 is 34.6 Å². The number of aliphatic carboxylic acids is 1. The van der Waals surface area contributed by atoms with E-state index in [0.717, 1.165) is 0 Å². The van der Waals surface area contributed by atoms with Gasteiger partial charge < -0.3 is 25.5 Å². The molecular weight excluding hydrogens is 526 g/mol. The molecule has 2 unspecified atom stereocenters. The van der Waals surface area contributed by atoms with E-state index in [2.05, 4.69) is 36.3 Å². The van der Waals surface area contributed by atoms with Crippen LogP contribution in [0.2, 0.25) is 0 Å². The number of amides is 3. The zero-order valence-electron chi connectivity index (χ0n) is 19.7. The number of fused-ring (bicyclic) bond motifs is 1. The Labute approximate surface area is 218 Å². The predicted molar refractivity (Wildman–Crippen MR) is 132 cm³/mol. The summed E-state index contributed by atoms with van der Waals surface area (Å²) < 4.78 is 1.44. The molecule has 0 aromatic carbocycles. The van der Waals surface area contributed by atoms with Crippen molar-refractivity contribution in [2.24, 2.45) is 17.6 Å².